The van der Waals surface area contributed by atoms with Crippen LogP contribution in [-0.4, -0.2) is 6.04 Å². The Morgan fingerprint density at radius 3 is 2.44 bits per heavy atom. The topological polar surface area (TPSA) is 38.0 Å². The van der Waals surface area contributed by atoms with Gasteiger partial charge < -0.3 is 11.1 Å². The third-order valence-corrected chi connectivity index (χ3v) is 3.40. The van der Waals surface area contributed by atoms with E-state index in [0.717, 1.165) is 11.6 Å². The minimum absolute atomic E-state index is 0.496. The van der Waals surface area contributed by atoms with E-state index in [-0.39, 0.29) is 0 Å². The maximum Gasteiger partial charge on any atom is 0.0392 e. The number of hydrogen-bond donors (Lipinski definition) is 2. The van der Waals surface area contributed by atoms with Gasteiger partial charge in [0.15, 0.2) is 0 Å². The number of nitrogen functional groups attached to an aromatic ring is 1. The van der Waals surface area contributed by atoms with Gasteiger partial charge in [-0.15, -0.1) is 0 Å². The minimum Gasteiger partial charge on any atom is -0.399 e. The zero-order valence-electron chi connectivity index (χ0n) is 10.9. The Kier molecular flexibility index (Phi) is 4.66. The molecule has 2 heteroatoms. The summed E-state index contributed by atoms with van der Waals surface area (Å²) in [4.78, 5) is 0. The molecule has 0 aliphatic heterocycles. The van der Waals surface area contributed by atoms with Crippen molar-refractivity contribution >= 4 is 11.4 Å². The van der Waals surface area contributed by atoms with Gasteiger partial charge in [-0.2, -0.15) is 0 Å². The molecule has 0 radical (unpaired) electrons. The lowest BCUT2D eigenvalue weighted by Gasteiger charge is -2.24. The van der Waals surface area contributed by atoms with Crippen LogP contribution in [0, 0.1) is 12.8 Å². The van der Waals surface area contributed by atoms with E-state index in [1.807, 2.05) is 12.1 Å². The molecule has 0 aliphatic rings. The van der Waals surface area contributed by atoms with E-state index >= 15 is 0 Å². The van der Waals surface area contributed by atoms with Gasteiger partial charge in [0, 0.05) is 17.4 Å². The van der Waals surface area contributed by atoms with Crippen LogP contribution in [0.1, 0.15) is 39.2 Å². The van der Waals surface area contributed by atoms with Crippen LogP contribution in [0.5, 0.6) is 0 Å². The molecular weight excluding hydrogens is 196 g/mol. The Labute approximate surface area is 99.2 Å². The van der Waals surface area contributed by atoms with Gasteiger partial charge in [0.05, 0.1) is 0 Å². The maximum atomic E-state index is 5.80. The van der Waals surface area contributed by atoms with Crippen LogP contribution in [0.15, 0.2) is 18.2 Å². The summed E-state index contributed by atoms with van der Waals surface area (Å²) in [5.74, 6) is 0.723. The first kappa shape index (κ1) is 12.9. The molecule has 0 aromatic heterocycles. The highest BCUT2D eigenvalue weighted by atomic mass is 14.9. The Hall–Kier alpha value is -1.18. The van der Waals surface area contributed by atoms with Crippen molar-refractivity contribution in [2.24, 2.45) is 5.92 Å². The highest BCUT2D eigenvalue weighted by Crippen LogP contribution is 2.22. The highest BCUT2D eigenvalue weighted by Gasteiger charge is 2.13. The second-order valence-electron chi connectivity index (χ2n) is 4.58. The van der Waals surface area contributed by atoms with E-state index in [0.29, 0.717) is 6.04 Å². The fourth-order valence-electron chi connectivity index (χ4n) is 2.15. The van der Waals surface area contributed by atoms with Crippen molar-refractivity contribution in [1.29, 1.82) is 0 Å². The Morgan fingerprint density at radius 1 is 1.25 bits per heavy atom. The summed E-state index contributed by atoms with van der Waals surface area (Å²) in [6.45, 7) is 8.86. The molecule has 0 aliphatic carbocycles. The lowest BCUT2D eigenvalue weighted by atomic mass is 9.95. The fourth-order valence-corrected chi connectivity index (χ4v) is 2.15. The molecule has 2 nitrogen and oxygen atoms in total. The van der Waals surface area contributed by atoms with Crippen LogP contribution in [-0.2, 0) is 0 Å². The van der Waals surface area contributed by atoms with Crippen LogP contribution in [0.25, 0.3) is 0 Å². The average molecular weight is 220 g/mol. The van der Waals surface area contributed by atoms with Gasteiger partial charge in [-0.1, -0.05) is 32.8 Å². The second-order valence-corrected chi connectivity index (χ2v) is 4.58. The van der Waals surface area contributed by atoms with Crippen molar-refractivity contribution in [3.63, 3.8) is 0 Å². The van der Waals surface area contributed by atoms with E-state index in [9.17, 15) is 0 Å². The first-order chi connectivity index (χ1) is 7.58. The molecule has 16 heavy (non-hydrogen) atoms. The Bertz CT molecular complexity index is 330. The molecular formula is C14H24N2. The van der Waals surface area contributed by atoms with Crippen molar-refractivity contribution in [3.05, 3.63) is 23.8 Å². The molecule has 1 unspecified atom stereocenters. The molecule has 0 fully saturated rings. The second kappa shape index (κ2) is 5.78. The number of aryl methyl sites for hydroxylation is 1. The first-order valence-electron chi connectivity index (χ1n) is 6.21. The summed E-state index contributed by atoms with van der Waals surface area (Å²) in [6, 6.07) is 6.53. The van der Waals surface area contributed by atoms with E-state index in [1.165, 1.54) is 24.1 Å². The monoisotopic (exact) mass is 220 g/mol. The summed E-state index contributed by atoms with van der Waals surface area (Å²) in [7, 11) is 0. The molecule has 0 heterocycles. The molecule has 0 saturated carbocycles. The number of nitrogens with one attached hydrogen (secondary N) is 1. The van der Waals surface area contributed by atoms with E-state index in [1.54, 1.807) is 0 Å². The lowest BCUT2D eigenvalue weighted by molar-refractivity contribution is 0.438. The van der Waals surface area contributed by atoms with Crippen molar-refractivity contribution in [2.45, 2.75) is 46.6 Å². The lowest BCUT2D eigenvalue weighted by Crippen LogP contribution is -2.25. The number of nitrogens with two attached hydrogens (primary N) is 1. The quantitative estimate of drug-likeness (QED) is 0.740. The maximum absolute atomic E-state index is 5.80. The van der Waals surface area contributed by atoms with Gasteiger partial charge in [0.25, 0.3) is 0 Å². The van der Waals surface area contributed by atoms with Crippen molar-refractivity contribution in [2.75, 3.05) is 11.1 Å². The third kappa shape index (κ3) is 3.16. The molecule has 0 spiro atoms. The van der Waals surface area contributed by atoms with Crippen LogP contribution in [0.4, 0.5) is 11.4 Å². The van der Waals surface area contributed by atoms with Gasteiger partial charge in [0.2, 0.25) is 0 Å². The van der Waals surface area contributed by atoms with Crippen LogP contribution >= 0.6 is 0 Å². The van der Waals surface area contributed by atoms with Gasteiger partial charge in [-0.05, 0) is 37.5 Å². The predicted octanol–water partition coefficient (Wildman–Crippen LogP) is 3.81. The molecule has 1 atom stereocenters. The third-order valence-electron chi connectivity index (χ3n) is 3.40. The molecule has 0 saturated heterocycles. The standard InChI is InChI=1S/C14H24N2/c1-5-12(6-2)11(4)16-14-9-13(15)8-7-10(14)3/h7-9,11-12,16H,5-6,15H2,1-4H3. The number of anilines is 2. The van der Waals surface area contributed by atoms with E-state index in [4.69, 9.17) is 5.73 Å². The van der Waals surface area contributed by atoms with Crippen molar-refractivity contribution < 1.29 is 0 Å². The Balaban J connectivity index is 2.75. The fraction of sp³-hybridized carbons (Fsp3) is 0.571. The summed E-state index contributed by atoms with van der Waals surface area (Å²) >= 11 is 0. The Morgan fingerprint density at radius 2 is 1.88 bits per heavy atom. The van der Waals surface area contributed by atoms with Crippen molar-refractivity contribution in [3.8, 4) is 0 Å². The normalized spacial score (nSPS) is 12.8. The number of hydrogen-bond acceptors (Lipinski definition) is 2. The van der Waals surface area contributed by atoms with Crippen LogP contribution < -0.4 is 11.1 Å². The number of benzene rings is 1. The minimum atomic E-state index is 0.496. The molecule has 1 rings (SSSR count). The number of rotatable bonds is 5. The molecule has 90 valence electrons. The van der Waals surface area contributed by atoms with E-state index in [2.05, 4.69) is 39.1 Å². The summed E-state index contributed by atoms with van der Waals surface area (Å²) < 4.78 is 0. The summed E-state index contributed by atoms with van der Waals surface area (Å²) in [5.41, 5.74) is 9.05. The SMILES string of the molecule is CCC(CC)C(C)Nc1cc(N)ccc1C. The van der Waals surface area contributed by atoms with Crippen molar-refractivity contribution in [1.82, 2.24) is 0 Å². The highest BCUT2D eigenvalue weighted by molar-refractivity contribution is 5.59. The van der Waals surface area contributed by atoms with Gasteiger partial charge in [-0.3, -0.25) is 0 Å². The zero-order chi connectivity index (χ0) is 12.1. The van der Waals surface area contributed by atoms with Gasteiger partial charge in [-0.25, -0.2) is 0 Å². The van der Waals surface area contributed by atoms with Gasteiger partial charge in [0.1, 0.15) is 0 Å². The van der Waals surface area contributed by atoms with E-state index < -0.39 is 0 Å². The average Bonchev–Trinajstić information content (AvgIpc) is 2.25. The van der Waals surface area contributed by atoms with Gasteiger partial charge >= 0.3 is 0 Å². The molecule has 3 N–H and O–H groups in total. The van der Waals surface area contributed by atoms with Crippen LogP contribution in [0.3, 0.4) is 0 Å². The van der Waals surface area contributed by atoms with Crippen LogP contribution in [0.2, 0.25) is 0 Å². The predicted molar refractivity (Wildman–Crippen MR) is 72.7 cm³/mol. The summed E-state index contributed by atoms with van der Waals surface area (Å²) in [5, 5.41) is 3.57. The summed E-state index contributed by atoms with van der Waals surface area (Å²) in [6.07, 6.45) is 2.43. The molecule has 1 aromatic rings. The molecule has 0 bridgehead atoms. The smallest absolute Gasteiger partial charge is 0.0392 e. The molecule has 0 amide bonds. The molecule has 1 aromatic carbocycles. The largest absolute Gasteiger partial charge is 0.399 e. The first-order valence-corrected chi connectivity index (χ1v) is 6.21. The zero-order valence-corrected chi connectivity index (χ0v) is 10.9.